The summed E-state index contributed by atoms with van der Waals surface area (Å²) in [5.41, 5.74) is -0.367. The van der Waals surface area contributed by atoms with Crippen molar-refractivity contribution in [1.29, 1.82) is 0 Å². The van der Waals surface area contributed by atoms with Gasteiger partial charge in [0.15, 0.2) is 6.10 Å². The maximum atomic E-state index is 12.3. The molecule has 86 valence electrons. The molecule has 0 aromatic heterocycles. The summed E-state index contributed by atoms with van der Waals surface area (Å²) in [4.78, 5) is 0. The van der Waals surface area contributed by atoms with Gasteiger partial charge in [-0.05, 0) is 23.5 Å². The zero-order valence-corrected chi connectivity index (χ0v) is 9.31. The molecule has 6 heteroatoms. The van der Waals surface area contributed by atoms with E-state index >= 15 is 0 Å². The minimum absolute atomic E-state index is 0.367. The average molecular weight is 289 g/mol. The minimum atomic E-state index is -4.71. The van der Waals surface area contributed by atoms with Gasteiger partial charge in [-0.25, -0.2) is 4.39 Å². The maximum Gasteiger partial charge on any atom is 0.418 e. The van der Waals surface area contributed by atoms with Gasteiger partial charge in [-0.2, -0.15) is 13.2 Å². The van der Waals surface area contributed by atoms with Gasteiger partial charge in [0.2, 0.25) is 0 Å². The third kappa shape index (κ3) is 4.61. The SMILES string of the molecule is CBr.OC(c1ccc(F)cc1)C(F)(F)F. The Morgan fingerprint density at radius 2 is 1.53 bits per heavy atom. The van der Waals surface area contributed by atoms with E-state index in [1.165, 1.54) is 0 Å². The van der Waals surface area contributed by atoms with Gasteiger partial charge in [0.1, 0.15) is 5.82 Å². The number of benzene rings is 1. The van der Waals surface area contributed by atoms with E-state index in [9.17, 15) is 17.6 Å². The monoisotopic (exact) mass is 288 g/mol. The highest BCUT2D eigenvalue weighted by Crippen LogP contribution is 2.32. The number of hydrogen-bond acceptors (Lipinski definition) is 1. The van der Waals surface area contributed by atoms with Crippen molar-refractivity contribution in [3.8, 4) is 0 Å². The van der Waals surface area contributed by atoms with Crippen molar-refractivity contribution in [2.75, 3.05) is 5.83 Å². The number of alkyl halides is 4. The maximum absolute atomic E-state index is 12.3. The highest BCUT2D eigenvalue weighted by molar-refractivity contribution is 9.08. The average Bonchev–Trinajstić information content (AvgIpc) is 2.20. The number of aliphatic hydroxyl groups is 1. The first-order valence-electron chi connectivity index (χ1n) is 3.79. The number of halogens is 5. The normalized spacial score (nSPS) is 12.7. The summed E-state index contributed by atoms with van der Waals surface area (Å²) < 4.78 is 48.0. The quantitative estimate of drug-likeness (QED) is 0.620. The van der Waals surface area contributed by atoms with Crippen LogP contribution in [-0.2, 0) is 0 Å². The van der Waals surface area contributed by atoms with Crippen molar-refractivity contribution in [2.24, 2.45) is 0 Å². The minimum Gasteiger partial charge on any atom is -0.379 e. The smallest absolute Gasteiger partial charge is 0.379 e. The molecule has 0 fully saturated rings. The van der Waals surface area contributed by atoms with E-state index in [0.29, 0.717) is 0 Å². The molecule has 15 heavy (non-hydrogen) atoms. The summed E-state index contributed by atoms with van der Waals surface area (Å²) in [6.07, 6.45) is -7.26. The number of hydrogen-bond donors (Lipinski definition) is 1. The molecule has 0 aliphatic carbocycles. The van der Waals surface area contributed by atoms with Crippen molar-refractivity contribution in [2.45, 2.75) is 12.3 Å². The van der Waals surface area contributed by atoms with E-state index < -0.39 is 18.1 Å². The Bertz CT molecular complexity index is 283. The van der Waals surface area contributed by atoms with E-state index in [-0.39, 0.29) is 5.56 Å². The topological polar surface area (TPSA) is 20.2 Å². The summed E-state index contributed by atoms with van der Waals surface area (Å²) in [6.45, 7) is 0. The molecule has 0 aliphatic rings. The van der Waals surface area contributed by atoms with Gasteiger partial charge in [-0.15, -0.1) is 0 Å². The lowest BCUT2D eigenvalue weighted by Gasteiger charge is -2.14. The standard InChI is InChI=1S/C8H6F4O.CH3Br/c9-6-3-1-5(2-4-6)7(13)8(10,11)12;1-2/h1-4,7,13H;1H3. The second-order valence-corrected chi connectivity index (χ2v) is 2.50. The van der Waals surface area contributed by atoms with Crippen LogP contribution >= 0.6 is 15.9 Å². The Balaban J connectivity index is 0.000000921. The number of rotatable bonds is 1. The lowest BCUT2D eigenvalue weighted by atomic mass is 10.1. The molecule has 1 unspecified atom stereocenters. The first-order valence-corrected chi connectivity index (χ1v) is 5.38. The van der Waals surface area contributed by atoms with Gasteiger partial charge in [-0.1, -0.05) is 28.1 Å². The molecule has 0 spiro atoms. The van der Waals surface area contributed by atoms with Gasteiger partial charge in [0.25, 0.3) is 0 Å². The van der Waals surface area contributed by atoms with Gasteiger partial charge in [-0.3, -0.25) is 0 Å². The van der Waals surface area contributed by atoms with Crippen molar-refractivity contribution in [1.82, 2.24) is 0 Å². The van der Waals surface area contributed by atoms with E-state index in [1.807, 2.05) is 5.83 Å². The van der Waals surface area contributed by atoms with Gasteiger partial charge >= 0.3 is 6.18 Å². The summed E-state index contributed by atoms with van der Waals surface area (Å²) >= 11 is 2.94. The summed E-state index contributed by atoms with van der Waals surface area (Å²) in [6, 6.07) is 3.52. The molecule has 0 saturated heterocycles. The highest BCUT2D eigenvalue weighted by atomic mass is 79.9. The number of aliphatic hydroxyl groups excluding tert-OH is 1. The van der Waals surface area contributed by atoms with Crippen LogP contribution in [0.4, 0.5) is 17.6 Å². The second-order valence-electron chi connectivity index (χ2n) is 2.50. The van der Waals surface area contributed by atoms with Crippen molar-refractivity contribution < 1.29 is 22.7 Å². The Morgan fingerprint density at radius 3 is 1.87 bits per heavy atom. The van der Waals surface area contributed by atoms with Crippen LogP contribution in [0.1, 0.15) is 11.7 Å². The van der Waals surface area contributed by atoms with Crippen LogP contribution in [0.2, 0.25) is 0 Å². The lowest BCUT2D eigenvalue weighted by molar-refractivity contribution is -0.206. The fourth-order valence-electron chi connectivity index (χ4n) is 0.834. The first-order chi connectivity index (χ1) is 6.91. The molecular formula is C9H9BrF4O. The van der Waals surface area contributed by atoms with Crippen LogP contribution in [0.5, 0.6) is 0 Å². The summed E-state index contributed by atoms with van der Waals surface area (Å²) in [5, 5.41) is 8.70. The molecule has 0 bridgehead atoms. The molecule has 0 amide bonds. The van der Waals surface area contributed by atoms with Gasteiger partial charge in [0, 0.05) is 0 Å². The Labute approximate surface area is 92.9 Å². The molecule has 0 aliphatic heterocycles. The van der Waals surface area contributed by atoms with Crippen LogP contribution in [0.15, 0.2) is 24.3 Å². The highest BCUT2D eigenvalue weighted by Gasteiger charge is 2.39. The summed E-state index contributed by atoms with van der Waals surface area (Å²) in [5.74, 6) is 1.17. The zero-order chi connectivity index (χ0) is 12.1. The molecule has 1 atom stereocenters. The first kappa shape index (κ1) is 14.4. The van der Waals surface area contributed by atoms with E-state index in [4.69, 9.17) is 5.11 Å². The fraction of sp³-hybridized carbons (Fsp3) is 0.333. The molecular weight excluding hydrogens is 280 g/mol. The van der Waals surface area contributed by atoms with Crippen molar-refractivity contribution in [3.63, 3.8) is 0 Å². The van der Waals surface area contributed by atoms with Crippen LogP contribution in [0, 0.1) is 5.82 Å². The third-order valence-corrected chi connectivity index (χ3v) is 1.50. The molecule has 0 heterocycles. The molecule has 0 radical (unpaired) electrons. The lowest BCUT2D eigenvalue weighted by Crippen LogP contribution is -2.20. The summed E-state index contributed by atoms with van der Waals surface area (Å²) in [7, 11) is 0. The van der Waals surface area contributed by atoms with Gasteiger partial charge < -0.3 is 5.11 Å². The van der Waals surface area contributed by atoms with Crippen LogP contribution < -0.4 is 0 Å². The predicted molar refractivity (Wildman–Crippen MR) is 52.3 cm³/mol. The fourth-order valence-corrected chi connectivity index (χ4v) is 0.834. The third-order valence-electron chi connectivity index (χ3n) is 1.50. The van der Waals surface area contributed by atoms with Crippen LogP contribution in [0.3, 0.4) is 0 Å². The zero-order valence-electron chi connectivity index (χ0n) is 7.72. The molecule has 0 saturated carbocycles. The Kier molecular flexibility index (Phi) is 5.82. The van der Waals surface area contributed by atoms with Crippen LogP contribution in [0.25, 0.3) is 0 Å². The van der Waals surface area contributed by atoms with Crippen molar-refractivity contribution in [3.05, 3.63) is 35.6 Å². The largest absolute Gasteiger partial charge is 0.418 e. The predicted octanol–water partition coefficient (Wildman–Crippen LogP) is 3.43. The van der Waals surface area contributed by atoms with Crippen LogP contribution in [-0.4, -0.2) is 17.1 Å². The van der Waals surface area contributed by atoms with E-state index in [2.05, 4.69) is 15.9 Å². The van der Waals surface area contributed by atoms with Crippen molar-refractivity contribution >= 4 is 15.9 Å². The molecule has 1 nitrogen and oxygen atoms in total. The molecule has 1 N–H and O–H groups in total. The second kappa shape index (κ2) is 6.07. The Hall–Kier alpha value is -0.620. The van der Waals surface area contributed by atoms with E-state index in [0.717, 1.165) is 24.3 Å². The molecule has 1 aromatic carbocycles. The molecule has 1 aromatic rings. The Morgan fingerprint density at radius 1 is 1.13 bits per heavy atom. The molecule has 1 rings (SSSR count). The van der Waals surface area contributed by atoms with E-state index in [1.54, 1.807) is 0 Å². The van der Waals surface area contributed by atoms with Gasteiger partial charge in [0.05, 0.1) is 0 Å².